The predicted molar refractivity (Wildman–Crippen MR) is 128 cm³/mol. The Balaban J connectivity index is 1.89. The zero-order chi connectivity index (χ0) is 22.5. The average molecular weight is 455 g/mol. The molecule has 0 amide bonds. The first-order valence-electron chi connectivity index (χ1n) is 10.9. The van der Waals surface area contributed by atoms with Crippen molar-refractivity contribution in [1.29, 1.82) is 0 Å². The van der Waals surface area contributed by atoms with Gasteiger partial charge < -0.3 is 23.5 Å². The van der Waals surface area contributed by atoms with Gasteiger partial charge in [-0.2, -0.15) is 0 Å². The van der Waals surface area contributed by atoms with Crippen molar-refractivity contribution in [2.24, 2.45) is 4.99 Å². The highest BCUT2D eigenvalue weighted by molar-refractivity contribution is 7.07. The van der Waals surface area contributed by atoms with Crippen LogP contribution in [0.25, 0.3) is 11.3 Å². The number of ether oxygens (including phenoxy) is 4. The lowest BCUT2D eigenvalue weighted by Gasteiger charge is -2.25. The summed E-state index contributed by atoms with van der Waals surface area (Å²) < 4.78 is 24.5. The first-order chi connectivity index (χ1) is 15.7. The van der Waals surface area contributed by atoms with Crippen LogP contribution < -0.4 is 23.7 Å². The fourth-order valence-electron chi connectivity index (χ4n) is 4.32. The van der Waals surface area contributed by atoms with E-state index in [1.165, 1.54) is 19.3 Å². The molecule has 0 unspecified atom stereocenters. The molecule has 0 radical (unpaired) electrons. The smallest absolute Gasteiger partial charge is 0.203 e. The molecule has 0 spiro atoms. The standard InChI is InChI=1S/C25H30N2O4S/c1-28-20-12-8-9-18(15-20)26-25-27(19-10-6-5-7-11-19)21(16-32-25)17-13-22(29-2)24(31-4)23(14-17)30-3/h8-9,12-16,19H,5-7,10-11H2,1-4H3. The van der Waals surface area contributed by atoms with E-state index in [1.54, 1.807) is 39.8 Å². The molecule has 0 N–H and O–H groups in total. The van der Waals surface area contributed by atoms with Gasteiger partial charge in [-0.3, -0.25) is 0 Å². The van der Waals surface area contributed by atoms with Gasteiger partial charge in [0.15, 0.2) is 16.3 Å². The number of nitrogens with zero attached hydrogens (tertiary/aromatic N) is 2. The molecule has 0 bridgehead atoms. The molecule has 4 rings (SSSR count). The Morgan fingerprint density at radius 1 is 0.875 bits per heavy atom. The maximum atomic E-state index is 5.61. The van der Waals surface area contributed by atoms with Crippen LogP contribution in [-0.4, -0.2) is 33.0 Å². The lowest BCUT2D eigenvalue weighted by atomic mass is 9.95. The molecule has 170 valence electrons. The normalized spacial score (nSPS) is 14.9. The minimum absolute atomic E-state index is 0.411. The fraction of sp³-hybridized carbons (Fsp3) is 0.400. The summed E-state index contributed by atoms with van der Waals surface area (Å²) in [4.78, 5) is 5.98. The topological polar surface area (TPSA) is 54.2 Å². The molecule has 1 fully saturated rings. The third-order valence-corrected chi connectivity index (χ3v) is 6.76. The second kappa shape index (κ2) is 10.1. The highest BCUT2D eigenvalue weighted by Crippen LogP contribution is 2.42. The summed E-state index contributed by atoms with van der Waals surface area (Å²) >= 11 is 1.65. The van der Waals surface area contributed by atoms with Crippen molar-refractivity contribution in [3.8, 4) is 34.3 Å². The van der Waals surface area contributed by atoms with E-state index in [0.29, 0.717) is 23.3 Å². The molecule has 1 aromatic heterocycles. The van der Waals surface area contributed by atoms with Crippen LogP contribution in [-0.2, 0) is 0 Å². The minimum atomic E-state index is 0.411. The van der Waals surface area contributed by atoms with Crippen LogP contribution in [0.4, 0.5) is 5.69 Å². The van der Waals surface area contributed by atoms with E-state index in [9.17, 15) is 0 Å². The Bertz CT molecular complexity index is 1100. The summed E-state index contributed by atoms with van der Waals surface area (Å²) in [6, 6.07) is 12.3. The molecule has 1 aliphatic rings. The Labute approximate surface area is 193 Å². The van der Waals surface area contributed by atoms with Crippen molar-refractivity contribution in [2.75, 3.05) is 28.4 Å². The Morgan fingerprint density at radius 2 is 1.59 bits per heavy atom. The number of benzene rings is 2. The highest BCUT2D eigenvalue weighted by Gasteiger charge is 2.22. The Hall–Kier alpha value is -2.93. The molecule has 32 heavy (non-hydrogen) atoms. The van der Waals surface area contributed by atoms with Gasteiger partial charge in [-0.05, 0) is 37.1 Å². The monoisotopic (exact) mass is 454 g/mol. The fourth-order valence-corrected chi connectivity index (χ4v) is 5.31. The van der Waals surface area contributed by atoms with Gasteiger partial charge in [0.2, 0.25) is 5.75 Å². The lowest BCUT2D eigenvalue weighted by Crippen LogP contribution is -2.23. The summed E-state index contributed by atoms with van der Waals surface area (Å²) in [7, 11) is 6.59. The molecule has 0 aliphatic heterocycles. The van der Waals surface area contributed by atoms with Crippen LogP contribution >= 0.6 is 11.3 Å². The van der Waals surface area contributed by atoms with Gasteiger partial charge >= 0.3 is 0 Å². The molecule has 7 heteroatoms. The van der Waals surface area contributed by atoms with Gasteiger partial charge in [0.05, 0.1) is 39.8 Å². The lowest BCUT2D eigenvalue weighted by molar-refractivity contribution is 0.324. The number of rotatable bonds is 7. The molecule has 1 saturated carbocycles. The summed E-state index contributed by atoms with van der Waals surface area (Å²) in [5, 5.41) is 2.17. The quantitative estimate of drug-likeness (QED) is 0.440. The van der Waals surface area contributed by atoms with Gasteiger partial charge in [0.1, 0.15) is 5.75 Å². The van der Waals surface area contributed by atoms with Gasteiger partial charge in [-0.25, -0.2) is 4.99 Å². The number of hydrogen-bond donors (Lipinski definition) is 0. The van der Waals surface area contributed by atoms with Crippen LogP contribution in [0.1, 0.15) is 38.1 Å². The third kappa shape index (κ3) is 4.48. The van der Waals surface area contributed by atoms with Crippen LogP contribution in [0.5, 0.6) is 23.0 Å². The highest BCUT2D eigenvalue weighted by atomic mass is 32.1. The minimum Gasteiger partial charge on any atom is -0.497 e. The molecule has 3 aromatic rings. The van der Waals surface area contributed by atoms with Crippen molar-refractivity contribution in [1.82, 2.24) is 4.57 Å². The van der Waals surface area contributed by atoms with E-state index in [-0.39, 0.29) is 0 Å². The first kappa shape index (κ1) is 22.3. The number of thiazole rings is 1. The molecule has 6 nitrogen and oxygen atoms in total. The number of hydrogen-bond acceptors (Lipinski definition) is 6. The van der Waals surface area contributed by atoms with Gasteiger partial charge in [-0.15, -0.1) is 11.3 Å². The predicted octanol–water partition coefficient (Wildman–Crippen LogP) is 5.99. The Morgan fingerprint density at radius 3 is 2.22 bits per heavy atom. The summed E-state index contributed by atoms with van der Waals surface area (Å²) in [5.74, 6) is 2.69. The summed E-state index contributed by atoms with van der Waals surface area (Å²) in [6.07, 6.45) is 6.07. The largest absolute Gasteiger partial charge is 0.497 e. The van der Waals surface area contributed by atoms with E-state index in [2.05, 4.69) is 9.95 Å². The van der Waals surface area contributed by atoms with Crippen molar-refractivity contribution >= 4 is 17.0 Å². The molecular weight excluding hydrogens is 424 g/mol. The van der Waals surface area contributed by atoms with Crippen molar-refractivity contribution in [2.45, 2.75) is 38.1 Å². The zero-order valence-corrected chi connectivity index (χ0v) is 19.9. The summed E-state index contributed by atoms with van der Waals surface area (Å²) in [5.41, 5.74) is 3.02. The van der Waals surface area contributed by atoms with E-state index in [0.717, 1.165) is 40.3 Å². The van der Waals surface area contributed by atoms with E-state index < -0.39 is 0 Å². The number of aromatic nitrogens is 1. The molecule has 1 aliphatic carbocycles. The van der Waals surface area contributed by atoms with Crippen LogP contribution in [0, 0.1) is 0 Å². The molecule has 0 saturated heterocycles. The molecular formula is C25H30N2O4S. The first-order valence-corrected chi connectivity index (χ1v) is 11.8. The van der Waals surface area contributed by atoms with Crippen LogP contribution in [0.2, 0.25) is 0 Å². The third-order valence-electron chi connectivity index (χ3n) is 5.92. The van der Waals surface area contributed by atoms with Crippen molar-refractivity contribution < 1.29 is 18.9 Å². The zero-order valence-electron chi connectivity index (χ0n) is 19.1. The van der Waals surface area contributed by atoms with E-state index in [4.69, 9.17) is 23.9 Å². The number of methoxy groups -OCH3 is 4. The second-order valence-corrected chi connectivity index (χ2v) is 8.63. The van der Waals surface area contributed by atoms with E-state index >= 15 is 0 Å². The SMILES string of the molecule is COc1cccc(N=c2scc(-c3cc(OC)c(OC)c(OC)c3)n2C2CCCCC2)c1. The maximum Gasteiger partial charge on any atom is 0.203 e. The van der Waals surface area contributed by atoms with Gasteiger partial charge in [-0.1, -0.05) is 25.3 Å². The maximum absolute atomic E-state index is 5.61. The van der Waals surface area contributed by atoms with Crippen molar-refractivity contribution in [3.63, 3.8) is 0 Å². The van der Waals surface area contributed by atoms with Crippen molar-refractivity contribution in [3.05, 3.63) is 46.6 Å². The van der Waals surface area contributed by atoms with Gasteiger partial charge in [0.25, 0.3) is 0 Å². The average Bonchev–Trinajstić information content (AvgIpc) is 3.27. The Kier molecular flexibility index (Phi) is 7.05. The van der Waals surface area contributed by atoms with E-state index in [1.807, 2.05) is 36.4 Å². The molecule has 1 heterocycles. The van der Waals surface area contributed by atoms with Crippen LogP contribution in [0.3, 0.4) is 0 Å². The molecule has 2 aromatic carbocycles. The summed E-state index contributed by atoms with van der Waals surface area (Å²) in [6.45, 7) is 0. The van der Waals surface area contributed by atoms with Crippen LogP contribution in [0.15, 0.2) is 46.8 Å². The second-order valence-electron chi connectivity index (χ2n) is 7.79. The van der Waals surface area contributed by atoms with Gasteiger partial charge in [0, 0.05) is 23.1 Å². The molecule has 0 atom stereocenters.